The summed E-state index contributed by atoms with van der Waals surface area (Å²) in [6.45, 7) is -0.0858. The number of anilines is 1. The van der Waals surface area contributed by atoms with Crippen molar-refractivity contribution in [3.05, 3.63) is 63.1 Å². The molecule has 1 heterocycles. The highest BCUT2D eigenvalue weighted by Crippen LogP contribution is 2.37. The molecule has 0 unspecified atom stereocenters. The van der Waals surface area contributed by atoms with E-state index in [0.29, 0.717) is 27.6 Å². The summed E-state index contributed by atoms with van der Waals surface area (Å²) in [5.74, 6) is -1.59. The van der Waals surface area contributed by atoms with Gasteiger partial charge in [-0.2, -0.15) is 26.3 Å². The van der Waals surface area contributed by atoms with Gasteiger partial charge < -0.3 is 10.6 Å². The monoisotopic (exact) mass is 541 g/mol. The minimum atomic E-state index is -5.13. The van der Waals surface area contributed by atoms with Gasteiger partial charge in [-0.3, -0.25) is 14.5 Å². The summed E-state index contributed by atoms with van der Waals surface area (Å²) in [5.41, 5.74) is -3.66. The van der Waals surface area contributed by atoms with Crippen LogP contribution in [0.25, 0.3) is 0 Å². The highest BCUT2D eigenvalue weighted by Gasteiger charge is 2.41. The van der Waals surface area contributed by atoms with Crippen LogP contribution < -0.4 is 10.6 Å². The zero-order valence-electron chi connectivity index (χ0n) is 17.4. The first kappa shape index (κ1) is 26.6. The maximum atomic E-state index is 13.1. The Morgan fingerprint density at radius 3 is 2.11 bits per heavy atom. The SMILES string of the molecule is O=C(NCc1ccc(Cl)cc1Cl)[C@@H]1CCC(=O)N1C(=O)Nc1cc(C(F)(F)F)cc(C(F)(F)F)c1. The van der Waals surface area contributed by atoms with Gasteiger partial charge in [0.15, 0.2) is 0 Å². The van der Waals surface area contributed by atoms with Gasteiger partial charge in [0.2, 0.25) is 11.8 Å². The van der Waals surface area contributed by atoms with Crippen LogP contribution in [-0.2, 0) is 28.5 Å². The zero-order chi connectivity index (χ0) is 26.1. The van der Waals surface area contributed by atoms with Gasteiger partial charge in [0.1, 0.15) is 6.04 Å². The maximum absolute atomic E-state index is 13.1. The molecular weight excluding hydrogens is 527 g/mol. The third-order valence-corrected chi connectivity index (χ3v) is 5.63. The highest BCUT2D eigenvalue weighted by atomic mass is 35.5. The van der Waals surface area contributed by atoms with E-state index in [1.54, 1.807) is 6.07 Å². The van der Waals surface area contributed by atoms with E-state index in [4.69, 9.17) is 23.2 Å². The third kappa shape index (κ3) is 6.37. The maximum Gasteiger partial charge on any atom is 0.416 e. The number of carbonyl (C=O) groups is 3. The van der Waals surface area contributed by atoms with E-state index < -0.39 is 53.1 Å². The summed E-state index contributed by atoms with van der Waals surface area (Å²) in [6, 6.07) is 2.32. The van der Waals surface area contributed by atoms with E-state index in [1.807, 2.05) is 5.32 Å². The van der Waals surface area contributed by atoms with Gasteiger partial charge in [0.05, 0.1) is 11.1 Å². The van der Waals surface area contributed by atoms with Crippen LogP contribution >= 0.6 is 23.2 Å². The number of amides is 4. The summed E-state index contributed by atoms with van der Waals surface area (Å²) in [4.78, 5) is 38.0. The van der Waals surface area contributed by atoms with Crippen molar-refractivity contribution in [1.29, 1.82) is 0 Å². The molecule has 1 aliphatic rings. The summed E-state index contributed by atoms with van der Waals surface area (Å²) >= 11 is 11.8. The number of hydrogen-bond donors (Lipinski definition) is 2. The molecule has 1 fully saturated rings. The fraction of sp³-hybridized carbons (Fsp3) is 0.286. The number of carbonyl (C=O) groups excluding carboxylic acids is 3. The number of likely N-dealkylation sites (tertiary alicyclic amines) is 1. The lowest BCUT2D eigenvalue weighted by atomic mass is 10.1. The van der Waals surface area contributed by atoms with Crippen molar-refractivity contribution < 1.29 is 40.7 Å². The molecule has 0 aromatic heterocycles. The van der Waals surface area contributed by atoms with Gasteiger partial charge in [0, 0.05) is 28.7 Å². The Morgan fingerprint density at radius 1 is 0.971 bits per heavy atom. The number of benzene rings is 2. The Morgan fingerprint density at radius 2 is 1.57 bits per heavy atom. The number of nitrogens with zero attached hydrogens (tertiary/aromatic N) is 1. The molecule has 4 amide bonds. The van der Waals surface area contributed by atoms with Crippen LogP contribution in [0.1, 0.15) is 29.5 Å². The zero-order valence-corrected chi connectivity index (χ0v) is 18.9. The van der Waals surface area contributed by atoms with Crippen molar-refractivity contribution >= 4 is 46.7 Å². The first-order valence-corrected chi connectivity index (χ1v) is 10.6. The minimum Gasteiger partial charge on any atom is -0.350 e. The second kappa shape index (κ2) is 9.94. The molecule has 2 aromatic rings. The molecule has 14 heteroatoms. The van der Waals surface area contributed by atoms with E-state index in [1.165, 1.54) is 12.1 Å². The molecule has 1 atom stereocenters. The molecule has 6 nitrogen and oxygen atoms in total. The Kier molecular flexibility index (Phi) is 7.56. The summed E-state index contributed by atoms with van der Waals surface area (Å²) in [6.07, 6.45) is -10.6. The smallest absolute Gasteiger partial charge is 0.350 e. The average Bonchev–Trinajstić information content (AvgIpc) is 3.13. The minimum absolute atomic E-state index is 0.0858. The van der Waals surface area contributed by atoms with Crippen LogP contribution in [0.5, 0.6) is 0 Å². The van der Waals surface area contributed by atoms with Crippen molar-refractivity contribution in [3.63, 3.8) is 0 Å². The van der Waals surface area contributed by atoms with Crippen molar-refractivity contribution in [2.24, 2.45) is 0 Å². The normalized spacial score (nSPS) is 16.4. The predicted molar refractivity (Wildman–Crippen MR) is 114 cm³/mol. The second-order valence-electron chi connectivity index (χ2n) is 7.50. The van der Waals surface area contributed by atoms with Gasteiger partial charge in [-0.25, -0.2) is 4.79 Å². The molecule has 3 rings (SSSR count). The number of halogens is 8. The van der Waals surface area contributed by atoms with E-state index >= 15 is 0 Å². The Balaban J connectivity index is 1.78. The topological polar surface area (TPSA) is 78.5 Å². The molecule has 0 saturated carbocycles. The van der Waals surface area contributed by atoms with Gasteiger partial charge in [0.25, 0.3) is 0 Å². The predicted octanol–water partition coefficient (Wildman–Crippen LogP) is 5.87. The number of alkyl halides is 6. The lowest BCUT2D eigenvalue weighted by Crippen LogP contribution is -2.49. The van der Waals surface area contributed by atoms with Crippen molar-refractivity contribution in [3.8, 4) is 0 Å². The lowest BCUT2D eigenvalue weighted by molar-refractivity contribution is -0.143. The van der Waals surface area contributed by atoms with Crippen molar-refractivity contribution in [1.82, 2.24) is 10.2 Å². The Bertz CT molecular complexity index is 1140. The highest BCUT2D eigenvalue weighted by molar-refractivity contribution is 6.35. The number of imide groups is 1. The number of nitrogens with one attached hydrogen (secondary N) is 2. The van der Waals surface area contributed by atoms with E-state index in [9.17, 15) is 40.7 Å². The lowest BCUT2D eigenvalue weighted by Gasteiger charge is -2.23. The van der Waals surface area contributed by atoms with E-state index in [2.05, 4.69) is 5.32 Å². The molecule has 2 N–H and O–H groups in total. The molecule has 0 spiro atoms. The van der Waals surface area contributed by atoms with Crippen LogP contribution in [0.15, 0.2) is 36.4 Å². The second-order valence-corrected chi connectivity index (χ2v) is 8.34. The molecule has 0 aliphatic carbocycles. The summed E-state index contributed by atoms with van der Waals surface area (Å²) in [7, 11) is 0. The molecule has 188 valence electrons. The standard InChI is InChI=1S/C21H15Cl2F6N3O3/c22-13-2-1-10(15(23)8-13)9-30-18(34)16-3-4-17(33)32(16)19(35)31-14-6-11(20(24,25)26)5-12(7-14)21(27,28)29/h1-2,5-8,16H,3-4,9H2,(H,30,34)(H,31,35)/t16-/m0/s1. The first-order chi connectivity index (χ1) is 16.2. The van der Waals surface area contributed by atoms with Crippen LogP contribution in [-0.4, -0.2) is 28.8 Å². The number of hydrogen-bond acceptors (Lipinski definition) is 3. The fourth-order valence-electron chi connectivity index (χ4n) is 3.36. The first-order valence-electron chi connectivity index (χ1n) is 9.81. The van der Waals surface area contributed by atoms with Crippen LogP contribution in [0.3, 0.4) is 0 Å². The van der Waals surface area contributed by atoms with E-state index in [0.717, 1.165) is 0 Å². The van der Waals surface area contributed by atoms with Crippen LogP contribution in [0, 0.1) is 0 Å². The van der Waals surface area contributed by atoms with Crippen molar-refractivity contribution in [2.45, 2.75) is 37.8 Å². The molecule has 2 aromatic carbocycles. The van der Waals surface area contributed by atoms with Gasteiger partial charge in [-0.05, 0) is 42.3 Å². The molecular formula is C21H15Cl2F6N3O3. The van der Waals surface area contributed by atoms with Crippen LogP contribution in [0.2, 0.25) is 10.0 Å². The Labute approximate surface area is 204 Å². The molecule has 0 bridgehead atoms. The van der Waals surface area contributed by atoms with Crippen molar-refractivity contribution in [2.75, 3.05) is 5.32 Å². The molecule has 0 radical (unpaired) electrons. The fourth-order valence-corrected chi connectivity index (χ4v) is 3.84. The van der Waals surface area contributed by atoms with Gasteiger partial charge in [-0.15, -0.1) is 0 Å². The van der Waals surface area contributed by atoms with Gasteiger partial charge >= 0.3 is 18.4 Å². The molecule has 35 heavy (non-hydrogen) atoms. The number of urea groups is 1. The summed E-state index contributed by atoms with van der Waals surface area (Å²) < 4.78 is 78.4. The molecule has 1 aliphatic heterocycles. The Hall–Kier alpha value is -2.99. The average molecular weight is 542 g/mol. The van der Waals surface area contributed by atoms with Crippen LogP contribution in [0.4, 0.5) is 36.8 Å². The number of rotatable bonds is 4. The molecule has 1 saturated heterocycles. The summed E-state index contributed by atoms with van der Waals surface area (Å²) in [5, 5.41) is 4.96. The quantitative estimate of drug-likeness (QED) is 0.475. The van der Waals surface area contributed by atoms with Gasteiger partial charge in [-0.1, -0.05) is 29.3 Å². The van der Waals surface area contributed by atoms with E-state index in [-0.39, 0.29) is 30.5 Å². The third-order valence-electron chi connectivity index (χ3n) is 5.04. The largest absolute Gasteiger partial charge is 0.416 e.